The minimum absolute atomic E-state index is 0.00865. The Balaban J connectivity index is 1.03. The van der Waals surface area contributed by atoms with Crippen molar-refractivity contribution < 1.29 is 24.1 Å². The Hall–Kier alpha value is 0.0400. The lowest BCUT2D eigenvalue weighted by atomic mass is 9.42. The number of nitrogens with zero attached hydrogens (tertiary/aromatic N) is 1. The van der Waals surface area contributed by atoms with E-state index in [1.54, 1.807) is 0 Å². The highest BCUT2D eigenvalue weighted by Crippen LogP contribution is 2.88. The zero-order chi connectivity index (χ0) is 30.9. The molecule has 2 spiro atoms. The summed E-state index contributed by atoms with van der Waals surface area (Å²) in [5, 5.41) is 12.3. The first-order valence-corrected chi connectivity index (χ1v) is 19.9. The quantitative estimate of drug-likeness (QED) is 0.245. The van der Waals surface area contributed by atoms with Crippen LogP contribution in [0.4, 0.5) is 0 Å². The Morgan fingerprint density at radius 2 is 1.77 bits per heavy atom. The van der Waals surface area contributed by atoms with Crippen LogP contribution in [0.3, 0.4) is 0 Å². The number of rotatable bonds is 5. The van der Waals surface area contributed by atoms with Crippen molar-refractivity contribution >= 4 is 28.5 Å². The van der Waals surface area contributed by atoms with E-state index in [4.69, 9.17) is 14.2 Å². The van der Waals surface area contributed by atoms with Gasteiger partial charge in [0.15, 0.2) is 6.29 Å². The Morgan fingerprint density at radius 3 is 2.52 bits per heavy atom. The molecule has 0 bridgehead atoms. The van der Waals surface area contributed by atoms with Crippen molar-refractivity contribution in [3.05, 3.63) is 0 Å². The van der Waals surface area contributed by atoms with Gasteiger partial charge >= 0.3 is 0 Å². The van der Waals surface area contributed by atoms with Gasteiger partial charge in [0.05, 0.1) is 37.6 Å². The van der Waals surface area contributed by atoms with Gasteiger partial charge in [-0.3, -0.25) is 4.79 Å². The molecule has 0 aromatic carbocycles. The number of ether oxygens (including phenoxy) is 3. The van der Waals surface area contributed by atoms with Crippen molar-refractivity contribution in [3.8, 4) is 0 Å². The Bertz CT molecular complexity index is 1160. The first kappa shape index (κ1) is 31.3. The number of morpholine rings is 1. The normalized spacial score (nSPS) is 54.2. The molecule has 44 heavy (non-hydrogen) atoms. The third-order valence-corrected chi connectivity index (χ3v) is 17.1. The van der Waals surface area contributed by atoms with Gasteiger partial charge in [-0.05, 0) is 115 Å². The summed E-state index contributed by atoms with van der Waals surface area (Å²) in [6, 6.07) is 0. The van der Waals surface area contributed by atoms with Gasteiger partial charge < -0.3 is 24.2 Å². The zero-order valence-corrected chi connectivity index (χ0v) is 30.2. The summed E-state index contributed by atoms with van der Waals surface area (Å²) in [5.41, 5.74) is 0.800. The molecule has 248 valence electrons. The molecule has 2 heterocycles. The highest BCUT2D eigenvalue weighted by molar-refractivity contribution is 14.1. The maximum atomic E-state index is 12.9. The number of aliphatic hydroxyl groups excluding tert-OH is 1. The molecule has 8 rings (SSSR count). The van der Waals surface area contributed by atoms with E-state index in [0.717, 1.165) is 17.3 Å². The van der Waals surface area contributed by atoms with E-state index in [0.29, 0.717) is 66.5 Å². The minimum atomic E-state index is -0.369. The van der Waals surface area contributed by atoms with Gasteiger partial charge in [-0.15, -0.1) is 0 Å². The molecule has 1 amide bonds. The van der Waals surface area contributed by atoms with Crippen LogP contribution >= 0.6 is 22.6 Å². The average molecular weight is 724 g/mol. The van der Waals surface area contributed by atoms with E-state index in [-0.39, 0.29) is 52.9 Å². The van der Waals surface area contributed by atoms with E-state index in [2.05, 4.69) is 57.2 Å². The number of carbonyl (C=O) groups excluding carboxylic acids is 1. The molecule has 7 heteroatoms. The number of hydrogen-bond acceptors (Lipinski definition) is 5. The second kappa shape index (κ2) is 10.5. The summed E-state index contributed by atoms with van der Waals surface area (Å²) in [7, 11) is 0. The predicted molar refractivity (Wildman–Crippen MR) is 178 cm³/mol. The monoisotopic (exact) mass is 723 g/mol. The largest absolute Gasteiger partial charge is 0.390 e. The Kier molecular flexibility index (Phi) is 7.49. The summed E-state index contributed by atoms with van der Waals surface area (Å²) >= 11 is 2.48. The van der Waals surface area contributed by atoms with E-state index < -0.39 is 0 Å². The molecule has 1 N–H and O–H groups in total. The lowest BCUT2D eigenvalue weighted by molar-refractivity contribution is -0.231. The number of hydrogen-bond donors (Lipinski definition) is 1. The van der Waals surface area contributed by atoms with Gasteiger partial charge in [0.25, 0.3) is 0 Å². The van der Waals surface area contributed by atoms with Crippen LogP contribution in [0.2, 0.25) is 0 Å². The summed E-state index contributed by atoms with van der Waals surface area (Å²) in [6.45, 7) is 14.4. The summed E-state index contributed by atoms with van der Waals surface area (Å²) in [6.07, 6.45) is 13.9. The number of alkyl halides is 1. The second-order valence-corrected chi connectivity index (χ2v) is 18.9. The average Bonchev–Trinajstić information content (AvgIpc) is 3.91. The first-order valence-electron chi connectivity index (χ1n) is 18.4. The van der Waals surface area contributed by atoms with Crippen LogP contribution < -0.4 is 0 Å². The molecule has 2 aliphatic heterocycles. The molecule has 8 aliphatic rings. The van der Waals surface area contributed by atoms with Crippen molar-refractivity contribution in [2.75, 3.05) is 24.1 Å². The number of amides is 1. The smallest absolute Gasteiger partial charge is 0.223 e. The molecule has 6 nitrogen and oxygen atoms in total. The standard InChI is InChI=1S/C37H58INO5/c1-22-17-24(19-38)43-31-30(22)34(4)13-14-37-21-36(37)12-6-7-27(33(2,3)25(36)10-11-26(37)35(34,5)32(31)41)44-29-20-39(15-16-42-29)28(40)18-23-8-9-23/h22-27,29-32,41H,6-21H2,1-5H3/t22-,24?,25+,26?,27?,29+,30+,31?,32+,34?,35-,36+,37?/m1/s1. The summed E-state index contributed by atoms with van der Waals surface area (Å²) in [4.78, 5) is 14.9. The van der Waals surface area contributed by atoms with E-state index in [9.17, 15) is 9.90 Å². The van der Waals surface area contributed by atoms with Gasteiger partial charge in [-0.25, -0.2) is 0 Å². The zero-order valence-electron chi connectivity index (χ0n) is 28.0. The molecular weight excluding hydrogens is 665 g/mol. The van der Waals surface area contributed by atoms with Crippen molar-refractivity contribution in [2.24, 2.45) is 56.7 Å². The maximum absolute atomic E-state index is 12.9. The highest BCUT2D eigenvalue weighted by Gasteiger charge is 2.84. The van der Waals surface area contributed by atoms with Gasteiger partial charge in [0.2, 0.25) is 5.91 Å². The summed E-state index contributed by atoms with van der Waals surface area (Å²) in [5.74, 6) is 3.16. The lowest BCUT2D eigenvalue weighted by Gasteiger charge is -2.62. The van der Waals surface area contributed by atoms with Crippen molar-refractivity contribution in [1.82, 2.24) is 4.90 Å². The fourth-order valence-corrected chi connectivity index (χ4v) is 14.3. The van der Waals surface area contributed by atoms with Crippen molar-refractivity contribution in [2.45, 2.75) is 142 Å². The Morgan fingerprint density at radius 1 is 1.02 bits per heavy atom. The van der Waals surface area contributed by atoms with Gasteiger partial charge in [0, 0.05) is 22.8 Å². The third kappa shape index (κ3) is 4.19. The number of carbonyl (C=O) groups is 1. The van der Waals surface area contributed by atoms with E-state index >= 15 is 0 Å². The Labute approximate surface area is 279 Å². The fraction of sp³-hybridized carbons (Fsp3) is 0.973. The molecule has 13 atom stereocenters. The molecule has 2 saturated heterocycles. The highest BCUT2D eigenvalue weighted by atomic mass is 127. The molecule has 0 radical (unpaired) electrons. The van der Waals surface area contributed by atoms with Crippen LogP contribution in [-0.2, 0) is 19.0 Å². The van der Waals surface area contributed by atoms with E-state index in [1.165, 1.54) is 57.8 Å². The topological polar surface area (TPSA) is 68.2 Å². The lowest BCUT2D eigenvalue weighted by Crippen LogP contribution is -2.58. The minimum Gasteiger partial charge on any atom is -0.390 e. The van der Waals surface area contributed by atoms with E-state index in [1.807, 2.05) is 4.90 Å². The van der Waals surface area contributed by atoms with Crippen LogP contribution in [0.15, 0.2) is 0 Å². The molecule has 6 unspecified atom stereocenters. The van der Waals surface area contributed by atoms with Crippen molar-refractivity contribution in [1.29, 1.82) is 0 Å². The molecular formula is C37H58INO5. The molecule has 8 fully saturated rings. The molecule has 6 aliphatic carbocycles. The fourth-order valence-electron chi connectivity index (χ4n) is 13.7. The molecule has 0 aromatic rings. The number of halogens is 1. The van der Waals surface area contributed by atoms with Crippen LogP contribution in [0, 0.1) is 56.7 Å². The molecule has 6 saturated carbocycles. The van der Waals surface area contributed by atoms with Gasteiger partial charge in [0.1, 0.15) is 0 Å². The summed E-state index contributed by atoms with van der Waals surface area (Å²) < 4.78 is 20.9. The van der Waals surface area contributed by atoms with Crippen molar-refractivity contribution in [3.63, 3.8) is 0 Å². The maximum Gasteiger partial charge on any atom is 0.223 e. The SMILES string of the molecule is C[C@@H]1CC(CI)OC2[C@H]1C1(C)CCC34C[C@]35CCCC(O[C@H]3CN(C(=O)CC6CC6)CCO3)C(C)(C)[C@@H]5CCC4[C@]1(C)[C@H]2O. The predicted octanol–water partition coefficient (Wildman–Crippen LogP) is 7.00. The first-order chi connectivity index (χ1) is 20.9. The van der Waals surface area contributed by atoms with Crippen LogP contribution in [0.25, 0.3) is 0 Å². The molecule has 0 aromatic heterocycles. The number of aliphatic hydroxyl groups is 1. The van der Waals surface area contributed by atoms with Gasteiger partial charge in [-0.1, -0.05) is 63.6 Å². The second-order valence-electron chi connectivity index (χ2n) is 18.1. The van der Waals surface area contributed by atoms with Crippen LogP contribution in [0.1, 0.15) is 112 Å². The van der Waals surface area contributed by atoms with Crippen LogP contribution in [-0.4, -0.2) is 70.7 Å². The number of fused-ring (bicyclic) bond motifs is 4. The van der Waals surface area contributed by atoms with Gasteiger partial charge in [-0.2, -0.15) is 0 Å². The third-order valence-electron chi connectivity index (χ3n) is 16.1. The van der Waals surface area contributed by atoms with Crippen LogP contribution in [0.5, 0.6) is 0 Å².